The van der Waals surface area contributed by atoms with Gasteiger partial charge in [0.05, 0.1) is 39.2 Å². The second-order valence-corrected chi connectivity index (χ2v) is 15.7. The number of benzene rings is 1. The van der Waals surface area contributed by atoms with Gasteiger partial charge in [-0.1, -0.05) is 27.2 Å². The van der Waals surface area contributed by atoms with Gasteiger partial charge in [-0.05, 0) is 60.7 Å². The molecule has 1 unspecified atom stereocenters. The van der Waals surface area contributed by atoms with Crippen molar-refractivity contribution in [2.45, 2.75) is 81.9 Å². The number of nitrogens with zero attached hydrogens (tertiary/aromatic N) is 4. The Bertz CT molecular complexity index is 1940. The summed E-state index contributed by atoms with van der Waals surface area (Å²) in [6, 6.07) is 6.83. The number of hydrogen-bond acceptors (Lipinski definition) is 13. The zero-order valence-corrected chi connectivity index (χ0v) is 30.9. The number of rotatable bonds is 15. The van der Waals surface area contributed by atoms with E-state index in [2.05, 4.69) is 30.3 Å². The summed E-state index contributed by atoms with van der Waals surface area (Å²) in [4.78, 5) is 56.9. The van der Waals surface area contributed by atoms with Crippen molar-refractivity contribution in [1.82, 2.24) is 29.9 Å². The Morgan fingerprint density at radius 1 is 1.02 bits per heavy atom. The minimum Gasteiger partial charge on any atom is -0.497 e. The summed E-state index contributed by atoms with van der Waals surface area (Å²) >= 11 is 0. The molecule has 2 aromatic heterocycles. The van der Waals surface area contributed by atoms with Crippen LogP contribution in [0.4, 0.5) is 5.95 Å². The van der Waals surface area contributed by atoms with Crippen LogP contribution < -0.4 is 34.3 Å². The monoisotopic (exact) mass is 739 g/mol. The molecule has 0 spiro atoms. The Morgan fingerprint density at radius 2 is 1.73 bits per heavy atom. The van der Waals surface area contributed by atoms with E-state index in [1.807, 2.05) is 39.0 Å². The van der Waals surface area contributed by atoms with Crippen LogP contribution in [0.1, 0.15) is 52.9 Å². The smallest absolute Gasteiger partial charge is 0.259 e. The molecule has 3 amide bonds. The number of hydrogen-bond donors (Lipinski definition) is 3. The minimum absolute atomic E-state index is 0.0186. The van der Waals surface area contributed by atoms with E-state index >= 15 is 0 Å². The van der Waals surface area contributed by atoms with Crippen molar-refractivity contribution in [2.75, 3.05) is 33.2 Å². The number of nitrogens with one attached hydrogen (secondary N) is 3. The molecule has 52 heavy (non-hydrogen) atoms. The van der Waals surface area contributed by atoms with E-state index < -0.39 is 56.7 Å². The average Bonchev–Trinajstić information content (AvgIpc) is 4.06. The number of carbonyl (C=O) groups is 3. The molecule has 0 bridgehead atoms. The second-order valence-electron chi connectivity index (χ2n) is 13.8. The van der Waals surface area contributed by atoms with Gasteiger partial charge in [0.15, 0.2) is 0 Å². The third kappa shape index (κ3) is 7.49. The van der Waals surface area contributed by atoms with Crippen LogP contribution in [0.2, 0.25) is 0 Å². The molecule has 3 aliphatic rings. The van der Waals surface area contributed by atoms with Crippen LogP contribution in [0.25, 0.3) is 10.8 Å². The van der Waals surface area contributed by atoms with Crippen molar-refractivity contribution in [2.24, 2.45) is 11.8 Å². The molecule has 3 N–H and O–H groups in total. The molecule has 3 heterocycles. The van der Waals surface area contributed by atoms with Crippen LogP contribution in [0.3, 0.4) is 0 Å². The molecule has 2 saturated carbocycles. The highest BCUT2D eigenvalue weighted by molar-refractivity contribution is 7.91. The number of pyridine rings is 1. The van der Waals surface area contributed by atoms with Crippen molar-refractivity contribution in [3.63, 3.8) is 0 Å². The number of carbonyl (C=O) groups excluding carboxylic acids is 3. The molecule has 2 aliphatic carbocycles. The molecule has 1 aliphatic heterocycles. The Kier molecular flexibility index (Phi) is 10.3. The number of fused-ring (bicyclic) bond motifs is 1. The van der Waals surface area contributed by atoms with Crippen LogP contribution in [0.15, 0.2) is 36.5 Å². The molecule has 17 heteroatoms. The molecule has 0 radical (unpaired) electrons. The summed E-state index contributed by atoms with van der Waals surface area (Å²) in [6.45, 7) is 5.58. The molecule has 1 saturated heterocycles. The fourth-order valence-electron chi connectivity index (χ4n) is 6.69. The van der Waals surface area contributed by atoms with E-state index in [1.165, 1.54) is 25.2 Å². The maximum atomic E-state index is 14.5. The first-order valence-corrected chi connectivity index (χ1v) is 18.9. The van der Waals surface area contributed by atoms with Crippen LogP contribution >= 0.6 is 0 Å². The number of anilines is 1. The van der Waals surface area contributed by atoms with Gasteiger partial charge < -0.3 is 34.5 Å². The van der Waals surface area contributed by atoms with E-state index in [1.54, 1.807) is 19.4 Å². The lowest BCUT2D eigenvalue weighted by Gasteiger charge is -2.31. The zero-order valence-electron chi connectivity index (χ0n) is 30.0. The van der Waals surface area contributed by atoms with Crippen LogP contribution in [-0.4, -0.2) is 103 Å². The van der Waals surface area contributed by atoms with Crippen molar-refractivity contribution in [3.05, 3.63) is 36.5 Å². The molecule has 6 rings (SSSR count). The summed E-state index contributed by atoms with van der Waals surface area (Å²) in [5.41, 5.74) is -1.42. The third-order valence-corrected chi connectivity index (χ3v) is 11.7. The van der Waals surface area contributed by atoms with Crippen molar-refractivity contribution < 1.29 is 41.7 Å². The molecule has 5 atom stereocenters. The van der Waals surface area contributed by atoms with Gasteiger partial charge >= 0.3 is 0 Å². The van der Waals surface area contributed by atoms with Crippen molar-refractivity contribution in [1.29, 1.82) is 0 Å². The standard InChI is InChI=1S/C35H45N7O9S/c1-7-21-17-35(21,33(45)41-52(46,47)24-9-10-24)40-30(43)26-15-23(51-31-25-11-8-22(48-4)14-20(25)12-13-36-31)18-42(26)32(44)29(19(2)3)39-34-37-27(49-5)16-28(38-34)50-6/h8,11-14,16,19,21,23-24,26,29H,7,9-10,15,17-18H2,1-6H3,(H,40,43)(H,41,45)(H,37,38,39)/t21-,23-,26+,29?,35-/m1/s1. The second kappa shape index (κ2) is 14.6. The Labute approximate surface area is 302 Å². The normalized spacial score (nSPS) is 23.1. The average molecular weight is 740 g/mol. The van der Waals surface area contributed by atoms with Gasteiger partial charge in [0.1, 0.15) is 29.5 Å². The fraction of sp³-hybridized carbons (Fsp3) is 0.543. The van der Waals surface area contributed by atoms with E-state index in [9.17, 15) is 22.8 Å². The zero-order chi connectivity index (χ0) is 37.4. The topological polar surface area (TPSA) is 200 Å². The maximum Gasteiger partial charge on any atom is 0.259 e. The summed E-state index contributed by atoms with van der Waals surface area (Å²) in [7, 11) is 0.619. The number of aromatic nitrogens is 3. The number of likely N-dealkylation sites (tertiary alicyclic amines) is 1. The first-order chi connectivity index (χ1) is 24.8. The Morgan fingerprint density at radius 3 is 2.33 bits per heavy atom. The number of methoxy groups -OCH3 is 3. The highest BCUT2D eigenvalue weighted by Crippen LogP contribution is 2.47. The largest absolute Gasteiger partial charge is 0.497 e. The quantitative estimate of drug-likeness (QED) is 0.206. The molecular formula is C35H45N7O9S. The van der Waals surface area contributed by atoms with Crippen molar-refractivity contribution in [3.8, 4) is 23.4 Å². The number of sulfonamides is 1. The first kappa shape index (κ1) is 36.8. The van der Waals surface area contributed by atoms with Gasteiger partial charge in [-0.15, -0.1) is 0 Å². The summed E-state index contributed by atoms with van der Waals surface area (Å²) < 4.78 is 50.0. The number of amides is 3. The van der Waals surface area contributed by atoms with E-state index in [0.717, 1.165) is 10.8 Å². The molecule has 280 valence electrons. The van der Waals surface area contributed by atoms with Crippen LogP contribution in [0, 0.1) is 11.8 Å². The van der Waals surface area contributed by atoms with Gasteiger partial charge in [-0.3, -0.25) is 19.1 Å². The maximum absolute atomic E-state index is 14.5. The predicted molar refractivity (Wildman–Crippen MR) is 190 cm³/mol. The van der Waals surface area contributed by atoms with Crippen molar-refractivity contribution >= 4 is 44.5 Å². The molecule has 16 nitrogen and oxygen atoms in total. The van der Waals surface area contributed by atoms with Crippen LogP contribution in [0.5, 0.6) is 23.4 Å². The first-order valence-electron chi connectivity index (χ1n) is 17.3. The molecule has 3 fully saturated rings. The summed E-state index contributed by atoms with van der Waals surface area (Å²) in [5.74, 6) is -0.841. The molecule has 1 aromatic carbocycles. The van der Waals surface area contributed by atoms with Gasteiger partial charge in [0.25, 0.3) is 5.91 Å². The third-order valence-electron chi connectivity index (χ3n) is 9.92. The lowest BCUT2D eigenvalue weighted by Crippen LogP contribution is -2.58. The van der Waals surface area contributed by atoms with Crippen LogP contribution in [-0.2, 0) is 24.4 Å². The molecular weight excluding hydrogens is 694 g/mol. The predicted octanol–water partition coefficient (Wildman–Crippen LogP) is 2.43. The van der Waals surface area contributed by atoms with Gasteiger partial charge in [-0.25, -0.2) is 13.4 Å². The highest BCUT2D eigenvalue weighted by Gasteiger charge is 2.62. The fourth-order valence-corrected chi connectivity index (χ4v) is 8.05. The molecule has 3 aromatic rings. The van der Waals surface area contributed by atoms with E-state index in [-0.39, 0.29) is 48.9 Å². The van der Waals surface area contributed by atoms with Gasteiger partial charge in [-0.2, -0.15) is 9.97 Å². The Balaban J connectivity index is 1.29. The van der Waals surface area contributed by atoms with E-state index in [4.69, 9.17) is 18.9 Å². The summed E-state index contributed by atoms with van der Waals surface area (Å²) in [5, 5.41) is 6.92. The Hall–Kier alpha value is -4.93. The minimum atomic E-state index is -3.85. The SMILES string of the molecule is CC[C@@H]1C[C@]1(NC(=O)[C@@H]1C[C@@H](Oc2nccc3cc(OC)ccc23)CN1C(=O)C(Nc1nc(OC)cc(OC)n1)C(C)C)C(=O)NS(=O)(=O)C1CC1. The lowest BCUT2D eigenvalue weighted by molar-refractivity contribution is -0.140. The van der Waals surface area contributed by atoms with E-state index in [0.29, 0.717) is 30.9 Å². The van der Waals surface area contributed by atoms with Gasteiger partial charge in [0, 0.05) is 18.0 Å². The lowest BCUT2D eigenvalue weighted by atomic mass is 10.0. The number of ether oxygens (including phenoxy) is 4. The highest BCUT2D eigenvalue weighted by atomic mass is 32.2. The summed E-state index contributed by atoms with van der Waals surface area (Å²) in [6.07, 6.45) is 2.80. The van der Waals surface area contributed by atoms with Gasteiger partial charge in [0.2, 0.25) is 45.4 Å².